The number of nitrogens with zero attached hydrogens (tertiary/aromatic N) is 9. The van der Waals surface area contributed by atoms with Crippen molar-refractivity contribution in [2.75, 3.05) is 42.5 Å². The zero-order valence-corrected chi connectivity index (χ0v) is 79.3. The molecule has 0 aliphatic carbocycles. The number of methoxy groups -OCH3 is 3. The van der Waals surface area contributed by atoms with E-state index in [1.165, 1.54) is 44.6 Å². The van der Waals surface area contributed by atoms with Crippen LogP contribution in [0.2, 0.25) is 30.1 Å². The Kier molecular flexibility index (Phi) is 31.1. The average molecular weight is 1910 g/mol. The third kappa shape index (κ3) is 20.5. The van der Waals surface area contributed by atoms with Crippen molar-refractivity contribution >= 4 is 137 Å². The van der Waals surface area contributed by atoms with Gasteiger partial charge in [0, 0.05) is 156 Å². The quantitative estimate of drug-likeness (QED) is 0.0489. The Balaban J connectivity index is 0.000000200. The Labute approximate surface area is 789 Å². The van der Waals surface area contributed by atoms with Crippen LogP contribution in [0.25, 0.3) is 73.1 Å². The molecule has 649 valence electrons. The van der Waals surface area contributed by atoms with Crippen LogP contribution in [-0.2, 0) is 26.4 Å². The summed E-state index contributed by atoms with van der Waals surface area (Å²) in [6.45, 7) is 17.4. The Hall–Kier alpha value is -9.82. The van der Waals surface area contributed by atoms with E-state index in [1.807, 2.05) is 74.4 Å². The van der Waals surface area contributed by atoms with Gasteiger partial charge in [0.2, 0.25) is 0 Å². The molecule has 9 aromatic carbocycles. The van der Waals surface area contributed by atoms with Crippen LogP contribution in [0.4, 0.5) is 13.2 Å². The summed E-state index contributed by atoms with van der Waals surface area (Å²) in [5.74, 6) is 0.953. The molecular weight excluding hydrogens is 1830 g/mol. The van der Waals surface area contributed by atoms with E-state index in [9.17, 15) is 33.5 Å². The van der Waals surface area contributed by atoms with Gasteiger partial charge in [0.1, 0.15) is 66.0 Å². The van der Waals surface area contributed by atoms with Crippen LogP contribution in [0.15, 0.2) is 156 Å². The van der Waals surface area contributed by atoms with E-state index in [0.717, 1.165) is 21.8 Å². The number of aldehydes is 1. The molecule has 15 rings (SSSR count). The number of hydrogen-bond acceptors (Lipinski definition) is 17. The molecule has 3 radical (unpaired) electrons. The maximum Gasteiger partial charge on any atom is 1.00 e. The van der Waals surface area contributed by atoms with E-state index in [1.54, 1.807) is 160 Å². The predicted molar refractivity (Wildman–Crippen MR) is 484 cm³/mol. The van der Waals surface area contributed by atoms with Crippen LogP contribution < -0.4 is 63.4 Å². The molecule has 0 spiro atoms. The number of aliphatic hydroxyl groups excluding tert-OH is 1. The first-order valence-electron chi connectivity index (χ1n) is 38.1. The topological polar surface area (TPSA) is 265 Å². The third-order valence-electron chi connectivity index (χ3n) is 20.9. The van der Waals surface area contributed by atoms with Gasteiger partial charge in [-0.3, -0.25) is 24.0 Å². The van der Waals surface area contributed by atoms with E-state index < -0.39 is 42.5 Å². The van der Waals surface area contributed by atoms with E-state index in [0.29, 0.717) is 144 Å². The number of carbonyl (C=O) groups is 5. The number of aliphatic hydroxyl groups is 1. The van der Waals surface area contributed by atoms with Crippen LogP contribution >= 0.6 is 85.5 Å². The molecule has 3 aromatic heterocycles. The van der Waals surface area contributed by atoms with Crippen molar-refractivity contribution in [3.8, 4) is 108 Å². The van der Waals surface area contributed by atoms with Crippen molar-refractivity contribution in [2.45, 2.75) is 105 Å². The molecule has 3 N–H and O–H groups in total. The number of rotatable bonds is 15. The normalized spacial score (nSPS) is 12.0. The second-order valence-electron chi connectivity index (χ2n) is 31.7. The zero-order valence-electron chi connectivity index (χ0n) is 72.1. The van der Waals surface area contributed by atoms with Crippen LogP contribution in [0, 0.1) is 11.6 Å². The van der Waals surface area contributed by atoms with Gasteiger partial charge in [0.15, 0.2) is 23.4 Å². The van der Waals surface area contributed by atoms with Crippen molar-refractivity contribution in [3.63, 3.8) is 0 Å². The largest absolute Gasteiger partial charge is 1.00 e. The van der Waals surface area contributed by atoms with Gasteiger partial charge in [-0.25, -0.2) is 22.8 Å². The number of ether oxygens (including phenoxy) is 6. The van der Waals surface area contributed by atoms with E-state index >= 15 is 8.78 Å². The third-order valence-corrected chi connectivity index (χ3v) is 22.8. The number of fused-ring (bicyclic) bond motifs is 9. The van der Waals surface area contributed by atoms with Crippen molar-refractivity contribution in [1.82, 2.24) is 44.0 Å². The van der Waals surface area contributed by atoms with Crippen molar-refractivity contribution in [3.05, 3.63) is 248 Å². The van der Waals surface area contributed by atoms with Gasteiger partial charge in [-0.15, -0.1) is 0 Å². The van der Waals surface area contributed by atoms with Crippen LogP contribution in [0.3, 0.4) is 0 Å². The van der Waals surface area contributed by atoms with Gasteiger partial charge in [-0.2, -0.15) is 19.7 Å². The molecule has 3 aliphatic rings. The van der Waals surface area contributed by atoms with Crippen molar-refractivity contribution < 1.29 is 112 Å². The first-order chi connectivity index (χ1) is 58.5. The number of benzene rings is 9. The standard InChI is InChI=1S/C30H28Cl2FN3O4.C30H26Cl2FN3O4.C23H22BrCl2N3O3.C7H6BFO3.B.Na.H/c2*1-30(2,3)35(4)29(38)27-23-15-40-25-13-24(39-5)21(20-8-6-7-16(14-37)26(20)33)12-22(25)28(23)36(34-27)19-10-17(31)9-18(32)11-19;1-23(2,3)28(4)22(30)20-16-11-32-18-10-19(31-5)17(24)9-15(18)21(16)29(27-20)14-7-12(25)6-13(26)8-14;9-7(10)5-2-1-3-6(4-5)8(11)12;;;/h6-13,37H,14-15H2,1-5H3;6-14H,15H2,1-5H3;6-10H,11H2,1-5H3;1-4,11-12H;;;/q;;;;;+1;-1. The van der Waals surface area contributed by atoms with Crippen LogP contribution in [0.5, 0.6) is 34.5 Å². The summed E-state index contributed by atoms with van der Waals surface area (Å²) in [6.07, 6.45) is 0.465. The van der Waals surface area contributed by atoms with Gasteiger partial charge in [-0.05, 0) is 175 Å². The fraction of sp³-hybridized carbons (Fsp3) is 0.244. The monoisotopic (exact) mass is 1900 g/mol. The molecule has 126 heavy (non-hydrogen) atoms. The van der Waals surface area contributed by atoms with Crippen LogP contribution in [-0.4, -0.2) is 164 Å². The van der Waals surface area contributed by atoms with Gasteiger partial charge in [-0.1, -0.05) is 112 Å². The molecule has 0 atom stereocenters. The summed E-state index contributed by atoms with van der Waals surface area (Å²) in [4.78, 5) is 67.4. The summed E-state index contributed by atoms with van der Waals surface area (Å²) in [6, 6.07) is 38.6. The molecule has 0 unspecified atom stereocenters. The molecular formula is C90H83B2BrCl6F3N9NaO14. The van der Waals surface area contributed by atoms with E-state index in [-0.39, 0.29) is 127 Å². The number of hydrogen-bond donors (Lipinski definition) is 3. The van der Waals surface area contributed by atoms with Gasteiger partial charge >= 0.3 is 42.7 Å². The number of carbonyl (C=O) groups excluding carboxylic acids is 5. The van der Waals surface area contributed by atoms with Gasteiger partial charge < -0.3 is 59.7 Å². The molecule has 0 fully saturated rings. The van der Waals surface area contributed by atoms with Gasteiger partial charge in [0.05, 0.1) is 77.7 Å². The van der Waals surface area contributed by atoms with Gasteiger partial charge in [0.25, 0.3) is 17.7 Å². The number of amides is 3. The molecule has 3 amide bonds. The second-order valence-corrected chi connectivity index (χ2v) is 35.2. The molecule has 0 bridgehead atoms. The number of aromatic nitrogens is 6. The summed E-state index contributed by atoms with van der Waals surface area (Å²) in [7, 11) is 8.09. The fourth-order valence-electron chi connectivity index (χ4n) is 13.6. The number of halogens is 10. The van der Waals surface area contributed by atoms with E-state index in [2.05, 4.69) is 15.9 Å². The Bertz CT molecular complexity index is 6210. The average Bonchev–Trinajstić information content (AvgIpc) is 1.61. The Morgan fingerprint density at radius 2 is 0.825 bits per heavy atom. The zero-order chi connectivity index (χ0) is 90.4. The second kappa shape index (κ2) is 39.8. The van der Waals surface area contributed by atoms with Crippen LogP contribution in [0.1, 0.15) is 138 Å². The van der Waals surface area contributed by atoms with E-state index in [4.69, 9.17) is 123 Å². The summed E-state index contributed by atoms with van der Waals surface area (Å²) in [5.41, 5.74) is 8.09. The maximum absolute atomic E-state index is 15.4. The Morgan fingerprint density at radius 3 is 1.15 bits per heavy atom. The first kappa shape index (κ1) is 98.4. The van der Waals surface area contributed by atoms with Crippen molar-refractivity contribution in [1.29, 1.82) is 0 Å². The minimum absolute atomic E-state index is 0. The molecule has 3 aliphatic heterocycles. The SMILES string of the molecule is COc1cc2c(cc1-c1cccc(C=O)c1F)-c1c(c(C(=O)N(C)C(C)(C)C)nn1-c1cc(Cl)cc(Cl)c1)CO2.COc1cc2c(cc1-c1cccc(CO)c1F)-c1c(c(C(=O)N(C)C(C)(C)C)nn1-c1cc(Cl)cc(Cl)c1)CO2.COc1cc2c(cc1Br)-c1c(c(C(=O)N(C)C(C)(C)C)nn1-c1cc(Cl)cc(Cl)c1)CO2.O=C(F)c1cccc(B(O)O)c1.[B].[H-].[Na+]. The summed E-state index contributed by atoms with van der Waals surface area (Å²) < 4.78 is 83.4. The summed E-state index contributed by atoms with van der Waals surface area (Å²) in [5, 5.41) is 43.7. The van der Waals surface area contributed by atoms with Crippen molar-refractivity contribution in [2.24, 2.45) is 0 Å². The molecule has 12 aromatic rings. The first-order valence-corrected chi connectivity index (χ1v) is 41.2. The summed E-state index contributed by atoms with van der Waals surface area (Å²) >= 11 is 41.5. The minimum atomic E-state index is -1.68. The molecule has 0 saturated carbocycles. The molecule has 6 heterocycles. The predicted octanol–water partition coefficient (Wildman–Crippen LogP) is 16.7. The maximum atomic E-state index is 15.4. The molecule has 0 saturated heterocycles. The Morgan fingerprint density at radius 1 is 0.492 bits per heavy atom. The minimum Gasteiger partial charge on any atom is -1.00 e. The fourth-order valence-corrected chi connectivity index (χ4v) is 15.6. The molecule has 36 heteroatoms. The molecule has 23 nitrogen and oxygen atoms in total. The smallest absolute Gasteiger partial charge is 1.00 e.